The lowest BCUT2D eigenvalue weighted by Gasteiger charge is -2.27. The second kappa shape index (κ2) is 9.19. The molecule has 0 radical (unpaired) electrons. The molecule has 1 saturated heterocycles. The standard InChI is InChI=1S/C22H29N7O/c1-16(2)17-15-18(25-22(24-17)28-12-5-3-6-13-28)21(30)23-11-8-10-20-27-26-19-9-4-7-14-29(19)20/h4,7,9,14-16H,3,5-6,8,10-13H2,1-2H3,(H,23,30). The van der Waals surface area contributed by atoms with Crippen molar-refractivity contribution in [3.8, 4) is 0 Å². The van der Waals surface area contributed by atoms with Gasteiger partial charge in [-0.3, -0.25) is 9.20 Å². The van der Waals surface area contributed by atoms with Gasteiger partial charge in [-0.15, -0.1) is 10.2 Å². The summed E-state index contributed by atoms with van der Waals surface area (Å²) in [7, 11) is 0. The second-order valence-electron chi connectivity index (χ2n) is 8.08. The Bertz CT molecular complexity index is 1010. The predicted molar refractivity (Wildman–Crippen MR) is 116 cm³/mol. The number of nitrogens with one attached hydrogen (secondary N) is 1. The molecule has 8 nitrogen and oxygen atoms in total. The third-order valence-electron chi connectivity index (χ3n) is 5.44. The molecule has 0 bridgehead atoms. The molecule has 3 aromatic heterocycles. The van der Waals surface area contributed by atoms with Gasteiger partial charge in [-0.2, -0.15) is 0 Å². The molecule has 0 spiro atoms. The molecular weight excluding hydrogens is 378 g/mol. The van der Waals surface area contributed by atoms with E-state index in [0.717, 1.165) is 55.9 Å². The number of hydrogen-bond acceptors (Lipinski definition) is 6. The lowest BCUT2D eigenvalue weighted by Crippen LogP contribution is -2.33. The average molecular weight is 408 g/mol. The fourth-order valence-electron chi connectivity index (χ4n) is 3.70. The van der Waals surface area contributed by atoms with E-state index in [0.29, 0.717) is 18.2 Å². The van der Waals surface area contributed by atoms with E-state index in [4.69, 9.17) is 4.98 Å². The lowest BCUT2D eigenvalue weighted by molar-refractivity contribution is 0.0948. The Morgan fingerprint density at radius 3 is 2.77 bits per heavy atom. The van der Waals surface area contributed by atoms with Crippen molar-refractivity contribution in [1.82, 2.24) is 29.9 Å². The molecule has 1 N–H and O–H groups in total. The van der Waals surface area contributed by atoms with Crippen LogP contribution >= 0.6 is 0 Å². The number of nitrogens with zero attached hydrogens (tertiary/aromatic N) is 6. The van der Waals surface area contributed by atoms with E-state index in [1.807, 2.05) is 34.9 Å². The molecule has 1 aliphatic rings. The summed E-state index contributed by atoms with van der Waals surface area (Å²) in [6, 6.07) is 7.65. The van der Waals surface area contributed by atoms with Crippen molar-refractivity contribution in [2.24, 2.45) is 0 Å². The van der Waals surface area contributed by atoms with Gasteiger partial charge in [0.1, 0.15) is 11.5 Å². The third kappa shape index (κ3) is 4.58. The molecule has 4 heterocycles. The van der Waals surface area contributed by atoms with Gasteiger partial charge in [-0.05, 0) is 49.8 Å². The number of rotatable bonds is 7. The van der Waals surface area contributed by atoms with E-state index < -0.39 is 0 Å². The van der Waals surface area contributed by atoms with E-state index in [2.05, 4.69) is 39.2 Å². The van der Waals surface area contributed by atoms with Crippen LogP contribution in [0.1, 0.15) is 67.5 Å². The minimum Gasteiger partial charge on any atom is -0.351 e. The fraction of sp³-hybridized carbons (Fsp3) is 0.500. The van der Waals surface area contributed by atoms with Crippen molar-refractivity contribution < 1.29 is 4.79 Å². The minimum atomic E-state index is -0.149. The van der Waals surface area contributed by atoms with Gasteiger partial charge in [0.15, 0.2) is 5.65 Å². The van der Waals surface area contributed by atoms with E-state index in [9.17, 15) is 4.79 Å². The predicted octanol–water partition coefficient (Wildman–Crippen LogP) is 3.00. The van der Waals surface area contributed by atoms with Crippen molar-refractivity contribution in [2.75, 3.05) is 24.5 Å². The number of carbonyl (C=O) groups is 1. The van der Waals surface area contributed by atoms with Gasteiger partial charge < -0.3 is 10.2 Å². The number of carbonyl (C=O) groups excluding carboxylic acids is 1. The Hall–Kier alpha value is -3.03. The minimum absolute atomic E-state index is 0.149. The van der Waals surface area contributed by atoms with Crippen LogP contribution in [0.25, 0.3) is 5.65 Å². The van der Waals surface area contributed by atoms with Crippen LogP contribution in [0.3, 0.4) is 0 Å². The maximum Gasteiger partial charge on any atom is 0.270 e. The SMILES string of the molecule is CC(C)c1cc(C(=O)NCCCc2nnc3ccccn23)nc(N2CCCCC2)n1. The zero-order valence-electron chi connectivity index (χ0n) is 17.7. The molecule has 1 aliphatic heterocycles. The van der Waals surface area contributed by atoms with Crippen LogP contribution in [0.5, 0.6) is 0 Å². The van der Waals surface area contributed by atoms with Crippen LogP contribution in [-0.2, 0) is 6.42 Å². The Morgan fingerprint density at radius 1 is 1.13 bits per heavy atom. The molecule has 4 rings (SSSR count). The number of fused-ring (bicyclic) bond motifs is 1. The van der Waals surface area contributed by atoms with Crippen molar-refractivity contribution in [3.63, 3.8) is 0 Å². The van der Waals surface area contributed by atoms with Gasteiger partial charge >= 0.3 is 0 Å². The maximum absolute atomic E-state index is 12.8. The first-order valence-electron chi connectivity index (χ1n) is 10.8. The third-order valence-corrected chi connectivity index (χ3v) is 5.44. The zero-order valence-corrected chi connectivity index (χ0v) is 17.7. The molecule has 8 heteroatoms. The highest BCUT2D eigenvalue weighted by Crippen LogP contribution is 2.20. The van der Waals surface area contributed by atoms with Crippen LogP contribution in [0.4, 0.5) is 5.95 Å². The molecule has 0 aromatic carbocycles. The lowest BCUT2D eigenvalue weighted by atomic mass is 10.1. The van der Waals surface area contributed by atoms with Gasteiger partial charge in [-0.25, -0.2) is 9.97 Å². The van der Waals surface area contributed by atoms with Crippen molar-refractivity contribution in [2.45, 2.75) is 51.9 Å². The molecule has 0 aliphatic carbocycles. The van der Waals surface area contributed by atoms with Crippen molar-refractivity contribution >= 4 is 17.5 Å². The van der Waals surface area contributed by atoms with Crippen molar-refractivity contribution in [3.05, 3.63) is 47.7 Å². The van der Waals surface area contributed by atoms with Crippen LogP contribution in [0.15, 0.2) is 30.5 Å². The highest BCUT2D eigenvalue weighted by molar-refractivity contribution is 5.92. The largest absolute Gasteiger partial charge is 0.351 e. The van der Waals surface area contributed by atoms with Crippen LogP contribution < -0.4 is 10.2 Å². The van der Waals surface area contributed by atoms with E-state index in [1.165, 1.54) is 6.42 Å². The molecule has 3 aromatic rings. The molecule has 158 valence electrons. The molecule has 0 saturated carbocycles. The highest BCUT2D eigenvalue weighted by atomic mass is 16.1. The summed E-state index contributed by atoms with van der Waals surface area (Å²) in [5.74, 6) is 1.67. The molecule has 0 unspecified atom stereocenters. The van der Waals surface area contributed by atoms with Gasteiger partial charge in [0.05, 0.1) is 0 Å². The summed E-state index contributed by atoms with van der Waals surface area (Å²) in [6.45, 7) is 6.64. The molecule has 1 amide bonds. The van der Waals surface area contributed by atoms with Gasteiger partial charge in [0.2, 0.25) is 5.95 Å². The molecule has 1 fully saturated rings. The van der Waals surface area contributed by atoms with Crippen LogP contribution in [0.2, 0.25) is 0 Å². The number of pyridine rings is 1. The average Bonchev–Trinajstić information content (AvgIpc) is 3.20. The van der Waals surface area contributed by atoms with Gasteiger partial charge in [0, 0.05) is 37.9 Å². The first kappa shape index (κ1) is 20.3. The van der Waals surface area contributed by atoms with Gasteiger partial charge in [-0.1, -0.05) is 19.9 Å². The van der Waals surface area contributed by atoms with E-state index in [-0.39, 0.29) is 11.8 Å². The summed E-state index contributed by atoms with van der Waals surface area (Å²) in [5, 5.41) is 11.4. The second-order valence-corrected chi connectivity index (χ2v) is 8.08. The summed E-state index contributed by atoms with van der Waals surface area (Å²) >= 11 is 0. The number of amides is 1. The van der Waals surface area contributed by atoms with Crippen LogP contribution in [-0.4, -0.2) is 50.1 Å². The fourth-order valence-corrected chi connectivity index (χ4v) is 3.70. The number of hydrogen-bond donors (Lipinski definition) is 1. The summed E-state index contributed by atoms with van der Waals surface area (Å²) in [4.78, 5) is 24.3. The highest BCUT2D eigenvalue weighted by Gasteiger charge is 2.19. The van der Waals surface area contributed by atoms with Gasteiger partial charge in [0.25, 0.3) is 5.91 Å². The number of anilines is 1. The number of piperidine rings is 1. The summed E-state index contributed by atoms with van der Waals surface area (Å²) in [6.07, 6.45) is 7.02. The number of aromatic nitrogens is 5. The molecule has 30 heavy (non-hydrogen) atoms. The number of aryl methyl sites for hydroxylation is 1. The smallest absolute Gasteiger partial charge is 0.270 e. The Balaban J connectivity index is 1.39. The topological polar surface area (TPSA) is 88.3 Å². The first-order chi connectivity index (χ1) is 14.6. The van der Waals surface area contributed by atoms with Crippen LogP contribution in [0, 0.1) is 0 Å². The maximum atomic E-state index is 12.8. The van der Waals surface area contributed by atoms with E-state index in [1.54, 1.807) is 0 Å². The van der Waals surface area contributed by atoms with E-state index >= 15 is 0 Å². The Labute approximate surface area is 176 Å². The normalized spacial score (nSPS) is 14.4. The summed E-state index contributed by atoms with van der Waals surface area (Å²) in [5.41, 5.74) is 2.19. The molecule has 0 atom stereocenters. The zero-order chi connectivity index (χ0) is 20.9. The Kier molecular flexibility index (Phi) is 6.21. The summed E-state index contributed by atoms with van der Waals surface area (Å²) < 4.78 is 1.98. The quantitative estimate of drug-likeness (QED) is 0.606. The first-order valence-corrected chi connectivity index (χ1v) is 10.8. The molecular formula is C22H29N7O. The monoisotopic (exact) mass is 407 g/mol. The van der Waals surface area contributed by atoms with Crippen molar-refractivity contribution in [1.29, 1.82) is 0 Å². The Morgan fingerprint density at radius 2 is 1.97 bits per heavy atom.